The number of rotatable bonds is 7. The largest absolute Gasteiger partial charge is 0.493 e. The van der Waals surface area contributed by atoms with Crippen molar-refractivity contribution >= 4 is 11.9 Å². The van der Waals surface area contributed by atoms with Crippen LogP contribution in [0.25, 0.3) is 0 Å². The minimum absolute atomic E-state index is 0.547. The smallest absolute Gasteiger partial charge is 0.414 e. The summed E-state index contributed by atoms with van der Waals surface area (Å²) in [6.45, 7) is 6.11. The Morgan fingerprint density at radius 3 is 2.15 bits per heavy atom. The summed E-state index contributed by atoms with van der Waals surface area (Å²) in [6, 6.07) is 26.3. The number of fused-ring (bicyclic) bond motifs is 1. The fraction of sp³-hybridized carbons (Fsp3) is 0.355. The molecule has 2 N–H and O–H groups in total. The predicted octanol–water partition coefficient (Wildman–Crippen LogP) is 4.45. The molecule has 0 aliphatic carbocycles. The van der Waals surface area contributed by atoms with Crippen molar-refractivity contribution in [3.63, 3.8) is 0 Å². The van der Waals surface area contributed by atoms with Gasteiger partial charge < -0.3 is 19.7 Å². The average molecular weight is 533 g/mol. The van der Waals surface area contributed by atoms with Crippen LogP contribution in [0.1, 0.15) is 35.1 Å². The van der Waals surface area contributed by atoms with Gasteiger partial charge in [0.25, 0.3) is 0 Å². The van der Waals surface area contributed by atoms with E-state index in [0.29, 0.717) is 12.6 Å². The monoisotopic (exact) mass is 532 g/mol. The van der Waals surface area contributed by atoms with Crippen LogP contribution in [0.3, 0.4) is 0 Å². The number of ether oxygens (including phenoxy) is 2. The van der Waals surface area contributed by atoms with Gasteiger partial charge in [-0.05, 0) is 66.7 Å². The number of nitrogens with zero attached hydrogens (tertiary/aromatic N) is 2. The second-order valence-corrected chi connectivity index (χ2v) is 9.87. The molecule has 8 heteroatoms. The van der Waals surface area contributed by atoms with Crippen LogP contribution in [-0.2, 0) is 35.7 Å². The van der Waals surface area contributed by atoms with Gasteiger partial charge in [-0.25, -0.2) is 9.59 Å². The van der Waals surface area contributed by atoms with Crippen molar-refractivity contribution in [2.24, 2.45) is 0 Å². The molecule has 0 aromatic heterocycles. The van der Waals surface area contributed by atoms with Gasteiger partial charge in [0.1, 0.15) is 6.61 Å². The molecule has 3 aromatic carbocycles. The minimum atomic E-state index is -1.82. The normalized spacial score (nSPS) is 15.9. The van der Waals surface area contributed by atoms with Crippen LogP contribution >= 0.6 is 0 Å². The molecule has 0 spiro atoms. The molecule has 1 saturated heterocycles. The van der Waals surface area contributed by atoms with E-state index in [1.807, 2.05) is 24.3 Å². The summed E-state index contributed by atoms with van der Waals surface area (Å²) >= 11 is 0. The number of carboxylic acid groups (broad SMARTS) is 2. The lowest BCUT2D eigenvalue weighted by Crippen LogP contribution is -2.46. The van der Waals surface area contributed by atoms with Crippen molar-refractivity contribution in [1.82, 2.24) is 9.80 Å². The molecule has 0 saturated carbocycles. The van der Waals surface area contributed by atoms with Crippen molar-refractivity contribution in [3.8, 4) is 11.5 Å². The first-order valence-electron chi connectivity index (χ1n) is 13.3. The number of hydrogen-bond acceptors (Lipinski definition) is 6. The van der Waals surface area contributed by atoms with Gasteiger partial charge in [0.2, 0.25) is 0 Å². The van der Waals surface area contributed by atoms with E-state index >= 15 is 0 Å². The van der Waals surface area contributed by atoms with Gasteiger partial charge in [-0.2, -0.15) is 0 Å². The van der Waals surface area contributed by atoms with Gasteiger partial charge in [0, 0.05) is 25.7 Å². The molecule has 0 amide bonds. The number of benzene rings is 3. The number of aliphatic carboxylic acids is 2. The van der Waals surface area contributed by atoms with Gasteiger partial charge >= 0.3 is 11.9 Å². The molecule has 5 rings (SSSR count). The van der Waals surface area contributed by atoms with Crippen LogP contribution in [0.5, 0.6) is 11.5 Å². The zero-order valence-corrected chi connectivity index (χ0v) is 22.3. The summed E-state index contributed by atoms with van der Waals surface area (Å²) < 4.78 is 11.7. The summed E-state index contributed by atoms with van der Waals surface area (Å²) in [7, 11) is 1.70. The van der Waals surface area contributed by atoms with E-state index in [-0.39, 0.29) is 0 Å². The number of likely N-dealkylation sites (tertiary alicyclic amines) is 1. The average Bonchev–Trinajstić information content (AvgIpc) is 2.97. The molecule has 2 aliphatic heterocycles. The number of carboxylic acids is 2. The van der Waals surface area contributed by atoms with E-state index in [1.54, 1.807) is 7.11 Å². The zero-order valence-electron chi connectivity index (χ0n) is 22.3. The Bertz CT molecular complexity index is 1230. The van der Waals surface area contributed by atoms with Gasteiger partial charge in [-0.1, -0.05) is 60.7 Å². The topological polar surface area (TPSA) is 99.5 Å². The Hall–Kier alpha value is -3.88. The van der Waals surface area contributed by atoms with E-state index in [9.17, 15) is 0 Å². The van der Waals surface area contributed by atoms with Crippen molar-refractivity contribution < 1.29 is 29.3 Å². The summed E-state index contributed by atoms with van der Waals surface area (Å²) in [5.74, 6) is -2.04. The lowest BCUT2D eigenvalue weighted by Gasteiger charge is -2.40. The van der Waals surface area contributed by atoms with Crippen LogP contribution in [0, 0.1) is 0 Å². The number of piperidine rings is 1. The molecule has 3 aromatic rings. The van der Waals surface area contributed by atoms with E-state index < -0.39 is 11.9 Å². The number of hydrogen-bond donors (Lipinski definition) is 2. The highest BCUT2D eigenvalue weighted by atomic mass is 16.5. The molecule has 1 fully saturated rings. The molecule has 0 radical (unpaired) electrons. The van der Waals surface area contributed by atoms with E-state index in [0.717, 1.165) is 43.2 Å². The second kappa shape index (κ2) is 13.8. The lowest BCUT2D eigenvalue weighted by atomic mass is 9.95. The van der Waals surface area contributed by atoms with Gasteiger partial charge in [0.15, 0.2) is 11.5 Å². The Kier molecular flexibility index (Phi) is 9.94. The zero-order chi connectivity index (χ0) is 27.6. The van der Waals surface area contributed by atoms with Gasteiger partial charge in [-0.3, -0.25) is 9.80 Å². The SMILES string of the molecule is COc1ccc(CN2CCC(N3CCc4ccccc4C3)CC2)cc1OCc1ccccc1.O=C(O)C(=O)O. The molecular weight excluding hydrogens is 496 g/mol. The third kappa shape index (κ3) is 8.05. The van der Waals surface area contributed by atoms with Crippen LogP contribution in [0.2, 0.25) is 0 Å². The molecule has 0 unspecified atom stereocenters. The fourth-order valence-corrected chi connectivity index (χ4v) is 5.20. The van der Waals surface area contributed by atoms with Crippen molar-refractivity contribution in [2.75, 3.05) is 26.7 Å². The maximum absolute atomic E-state index is 9.10. The first-order chi connectivity index (χ1) is 18.9. The summed E-state index contributed by atoms with van der Waals surface area (Å²) in [6.07, 6.45) is 3.68. The highest BCUT2D eigenvalue weighted by molar-refractivity contribution is 6.27. The Labute approximate surface area is 229 Å². The molecule has 2 heterocycles. The summed E-state index contributed by atoms with van der Waals surface area (Å²) in [5, 5.41) is 14.8. The quantitative estimate of drug-likeness (QED) is 0.431. The third-order valence-corrected chi connectivity index (χ3v) is 7.29. The fourth-order valence-electron chi connectivity index (χ4n) is 5.20. The van der Waals surface area contributed by atoms with Crippen LogP contribution < -0.4 is 9.47 Å². The highest BCUT2D eigenvalue weighted by Crippen LogP contribution is 2.30. The highest BCUT2D eigenvalue weighted by Gasteiger charge is 2.27. The van der Waals surface area contributed by atoms with Crippen LogP contribution in [0.4, 0.5) is 0 Å². The molecule has 8 nitrogen and oxygen atoms in total. The predicted molar refractivity (Wildman–Crippen MR) is 148 cm³/mol. The molecule has 0 atom stereocenters. The lowest BCUT2D eigenvalue weighted by molar-refractivity contribution is -0.159. The van der Waals surface area contributed by atoms with Gasteiger partial charge in [-0.15, -0.1) is 0 Å². The van der Waals surface area contributed by atoms with Gasteiger partial charge in [0.05, 0.1) is 7.11 Å². The molecule has 2 aliphatic rings. The Morgan fingerprint density at radius 1 is 0.821 bits per heavy atom. The van der Waals surface area contributed by atoms with E-state index in [1.165, 1.54) is 42.5 Å². The molecular formula is C31H36N2O6. The standard InChI is InChI=1S/C29H34N2O2.C2H2O4/c1-32-28-12-11-24(19-29(28)33-22-23-7-3-2-4-8-23)20-30-16-14-27(15-17-30)31-18-13-25-9-5-6-10-26(25)21-31;3-1(4)2(5)6/h2-12,19,27H,13-18,20-22H2,1H3;(H,3,4)(H,5,6). The molecule has 206 valence electrons. The van der Waals surface area contributed by atoms with Crippen molar-refractivity contribution in [2.45, 2.75) is 45.0 Å². The van der Waals surface area contributed by atoms with E-state index in [4.69, 9.17) is 29.3 Å². The van der Waals surface area contributed by atoms with Crippen molar-refractivity contribution in [3.05, 3.63) is 95.1 Å². The maximum atomic E-state index is 9.10. The Morgan fingerprint density at radius 2 is 1.49 bits per heavy atom. The van der Waals surface area contributed by atoms with Crippen LogP contribution in [-0.4, -0.2) is 64.7 Å². The van der Waals surface area contributed by atoms with Crippen molar-refractivity contribution in [1.29, 1.82) is 0 Å². The molecule has 39 heavy (non-hydrogen) atoms. The number of carbonyl (C=O) groups is 2. The first-order valence-corrected chi connectivity index (χ1v) is 13.3. The maximum Gasteiger partial charge on any atom is 0.414 e. The number of methoxy groups -OCH3 is 1. The summed E-state index contributed by atoms with van der Waals surface area (Å²) in [4.78, 5) is 23.5. The van der Waals surface area contributed by atoms with E-state index in [2.05, 4.69) is 58.3 Å². The second-order valence-electron chi connectivity index (χ2n) is 9.87. The summed E-state index contributed by atoms with van der Waals surface area (Å²) in [5.41, 5.74) is 5.50. The third-order valence-electron chi connectivity index (χ3n) is 7.29. The first kappa shape index (κ1) is 28.1. The van der Waals surface area contributed by atoms with Crippen LogP contribution in [0.15, 0.2) is 72.8 Å². The minimum Gasteiger partial charge on any atom is -0.493 e. The Balaban J connectivity index is 0.000000531. The molecule has 0 bridgehead atoms.